The molecule has 1 nitrogen and oxygen atoms in total. The molecule has 0 bridgehead atoms. The molecule has 2 heteroatoms. The second kappa shape index (κ2) is 10.3. The monoisotopic (exact) mass is 459 g/mol. The largest absolute Gasteiger partial charge is 0.308 e. The Hall–Kier alpha value is -3.25. The Bertz CT molecular complexity index is 1230. The molecule has 0 aliphatic heterocycles. The van der Waals surface area contributed by atoms with Crippen molar-refractivity contribution in [2.75, 3.05) is 20.6 Å². The van der Waals surface area contributed by atoms with E-state index in [1.807, 2.05) is 0 Å². The van der Waals surface area contributed by atoms with Gasteiger partial charge < -0.3 is 4.90 Å². The molecule has 0 radical (unpaired) electrons. The number of rotatable bonds is 7. The number of allylic oxidation sites excluding steroid dienone is 2. The van der Waals surface area contributed by atoms with Crippen molar-refractivity contribution in [2.24, 2.45) is 5.92 Å². The van der Waals surface area contributed by atoms with Gasteiger partial charge in [-0.05, 0) is 60.2 Å². The fraction of sp³-hybridized carbons (Fsp3) is 0.125. The first-order valence-corrected chi connectivity index (χ1v) is 13.2. The van der Waals surface area contributed by atoms with Gasteiger partial charge in [-0.15, -0.1) is 0 Å². The van der Waals surface area contributed by atoms with Gasteiger partial charge in [0.1, 0.15) is 0 Å². The van der Waals surface area contributed by atoms with Crippen LogP contribution in [0, 0.1) is 5.92 Å². The molecule has 5 rings (SSSR count). The van der Waals surface area contributed by atoms with Crippen molar-refractivity contribution in [3.05, 3.63) is 133 Å². The summed E-state index contributed by atoms with van der Waals surface area (Å²) in [4.78, 5) is 2.25. The lowest BCUT2D eigenvalue weighted by atomic mass is 9.93. The summed E-state index contributed by atoms with van der Waals surface area (Å²) in [6.07, 6.45) is 6.75. The highest BCUT2D eigenvalue weighted by Gasteiger charge is 2.18. The Morgan fingerprint density at radius 2 is 1.06 bits per heavy atom. The summed E-state index contributed by atoms with van der Waals surface area (Å²) in [5.74, 6) is 0.468. The Morgan fingerprint density at radius 1 is 0.588 bits per heavy atom. The van der Waals surface area contributed by atoms with Crippen molar-refractivity contribution in [3.8, 4) is 11.1 Å². The van der Waals surface area contributed by atoms with Crippen LogP contribution in [-0.4, -0.2) is 25.5 Å². The predicted octanol–water partition coefficient (Wildman–Crippen LogP) is 6.24. The normalized spacial score (nSPS) is 15.2. The number of benzene rings is 4. The summed E-state index contributed by atoms with van der Waals surface area (Å²) in [6.45, 7) is 1.04. The lowest BCUT2D eigenvalue weighted by Crippen LogP contribution is -2.20. The zero-order valence-corrected chi connectivity index (χ0v) is 20.7. The van der Waals surface area contributed by atoms with E-state index in [4.69, 9.17) is 0 Å². The molecule has 0 aromatic heterocycles. The molecular weight excluding hydrogens is 429 g/mol. The molecule has 0 saturated carbocycles. The molecule has 4 aromatic rings. The Morgan fingerprint density at radius 3 is 1.59 bits per heavy atom. The van der Waals surface area contributed by atoms with E-state index in [2.05, 4.69) is 146 Å². The van der Waals surface area contributed by atoms with Gasteiger partial charge in [0.15, 0.2) is 0 Å². The summed E-state index contributed by atoms with van der Waals surface area (Å²) in [5, 5.41) is 4.14. The fourth-order valence-corrected chi connectivity index (χ4v) is 6.93. The summed E-state index contributed by atoms with van der Waals surface area (Å²) in [7, 11) is 3.70. The third kappa shape index (κ3) is 4.97. The highest BCUT2D eigenvalue weighted by Crippen LogP contribution is 2.34. The average Bonchev–Trinajstić information content (AvgIpc) is 3.33. The van der Waals surface area contributed by atoms with Gasteiger partial charge in [0.25, 0.3) is 0 Å². The van der Waals surface area contributed by atoms with Crippen molar-refractivity contribution in [1.82, 2.24) is 4.90 Å². The van der Waals surface area contributed by atoms with E-state index in [9.17, 15) is 0 Å². The maximum atomic E-state index is 2.31. The molecule has 168 valence electrons. The van der Waals surface area contributed by atoms with E-state index in [1.165, 1.54) is 38.2 Å². The lowest BCUT2D eigenvalue weighted by Gasteiger charge is -2.20. The van der Waals surface area contributed by atoms with Crippen LogP contribution in [0.25, 0.3) is 16.7 Å². The molecular formula is C32H30NP. The molecule has 1 aliphatic carbocycles. The van der Waals surface area contributed by atoms with Crippen molar-refractivity contribution < 1.29 is 0 Å². The maximum absolute atomic E-state index is 2.31. The van der Waals surface area contributed by atoms with Crippen LogP contribution < -0.4 is 15.9 Å². The first-order chi connectivity index (χ1) is 16.7. The molecule has 1 unspecified atom stereocenters. The van der Waals surface area contributed by atoms with E-state index in [-0.39, 0.29) is 0 Å². The lowest BCUT2D eigenvalue weighted by molar-refractivity contribution is 0.390. The molecule has 0 amide bonds. The van der Waals surface area contributed by atoms with Gasteiger partial charge in [0.2, 0.25) is 0 Å². The minimum Gasteiger partial charge on any atom is -0.308 e. The van der Waals surface area contributed by atoms with Gasteiger partial charge in [0, 0.05) is 12.5 Å². The smallest absolute Gasteiger partial charge is 0.0154 e. The molecule has 0 saturated heterocycles. The third-order valence-corrected chi connectivity index (χ3v) is 8.73. The van der Waals surface area contributed by atoms with Crippen LogP contribution in [0.15, 0.2) is 127 Å². The van der Waals surface area contributed by atoms with Crippen LogP contribution in [0.4, 0.5) is 0 Å². The van der Waals surface area contributed by atoms with Crippen LogP contribution in [0.2, 0.25) is 0 Å². The SMILES string of the molecule is CN(C)CC1C=CC=C1c1ccc(-c2ccc(P(c3ccccc3)c3ccccc3)cc2)cc1. The van der Waals surface area contributed by atoms with Crippen LogP contribution in [0.1, 0.15) is 5.56 Å². The molecule has 4 aromatic carbocycles. The number of nitrogens with zero attached hydrogens (tertiary/aromatic N) is 1. The van der Waals surface area contributed by atoms with Crippen molar-refractivity contribution in [1.29, 1.82) is 0 Å². The maximum Gasteiger partial charge on any atom is 0.0154 e. The quantitative estimate of drug-likeness (QED) is 0.296. The zero-order chi connectivity index (χ0) is 23.3. The van der Waals surface area contributed by atoms with Crippen molar-refractivity contribution >= 4 is 29.4 Å². The van der Waals surface area contributed by atoms with Crippen LogP contribution in [0.5, 0.6) is 0 Å². The summed E-state index contributed by atoms with van der Waals surface area (Å²) in [6, 6.07) is 40.0. The molecule has 34 heavy (non-hydrogen) atoms. The summed E-state index contributed by atoms with van der Waals surface area (Å²) < 4.78 is 0. The van der Waals surface area contributed by atoms with Gasteiger partial charge in [-0.1, -0.05) is 127 Å². The number of hydrogen-bond donors (Lipinski definition) is 0. The topological polar surface area (TPSA) is 3.24 Å². The van der Waals surface area contributed by atoms with Gasteiger partial charge in [0.05, 0.1) is 0 Å². The second-order valence-electron chi connectivity index (χ2n) is 9.01. The Kier molecular flexibility index (Phi) is 6.86. The van der Waals surface area contributed by atoms with E-state index in [0.717, 1.165) is 6.54 Å². The second-order valence-corrected chi connectivity index (χ2v) is 11.2. The first-order valence-electron chi connectivity index (χ1n) is 11.8. The van der Waals surface area contributed by atoms with Crippen LogP contribution >= 0.6 is 7.92 Å². The molecule has 0 spiro atoms. The summed E-state index contributed by atoms with van der Waals surface area (Å²) >= 11 is 0. The zero-order valence-electron chi connectivity index (χ0n) is 19.8. The minimum atomic E-state index is -0.570. The van der Waals surface area contributed by atoms with Gasteiger partial charge in [-0.2, -0.15) is 0 Å². The molecule has 0 heterocycles. The highest BCUT2D eigenvalue weighted by atomic mass is 31.1. The average molecular weight is 460 g/mol. The van der Waals surface area contributed by atoms with E-state index in [1.54, 1.807) is 0 Å². The highest BCUT2D eigenvalue weighted by molar-refractivity contribution is 7.79. The van der Waals surface area contributed by atoms with Crippen molar-refractivity contribution in [2.45, 2.75) is 0 Å². The third-order valence-electron chi connectivity index (χ3n) is 6.29. The van der Waals surface area contributed by atoms with Crippen LogP contribution in [0.3, 0.4) is 0 Å². The molecule has 1 atom stereocenters. The van der Waals surface area contributed by atoms with Crippen molar-refractivity contribution in [3.63, 3.8) is 0 Å². The van der Waals surface area contributed by atoms with E-state index < -0.39 is 7.92 Å². The Labute approximate surface area is 204 Å². The predicted molar refractivity (Wildman–Crippen MR) is 150 cm³/mol. The van der Waals surface area contributed by atoms with E-state index in [0.29, 0.717) is 5.92 Å². The minimum absolute atomic E-state index is 0.468. The van der Waals surface area contributed by atoms with Gasteiger partial charge in [-0.3, -0.25) is 0 Å². The van der Waals surface area contributed by atoms with Crippen LogP contribution in [-0.2, 0) is 0 Å². The number of hydrogen-bond acceptors (Lipinski definition) is 1. The first kappa shape index (κ1) is 22.5. The molecule has 1 aliphatic rings. The molecule has 0 fully saturated rings. The van der Waals surface area contributed by atoms with Gasteiger partial charge in [-0.25, -0.2) is 0 Å². The van der Waals surface area contributed by atoms with Gasteiger partial charge >= 0.3 is 0 Å². The summed E-state index contributed by atoms with van der Waals surface area (Å²) in [5.41, 5.74) is 5.24. The Balaban J connectivity index is 1.39. The molecule has 0 N–H and O–H groups in total. The fourth-order valence-electron chi connectivity index (χ4n) is 4.64. The standard InChI is InChI=1S/C32H30NP/c1-33(2)24-28-10-9-15-32(28)27-18-16-25(17-19-27)26-20-22-31(23-21-26)34(29-11-5-3-6-12-29)30-13-7-4-8-14-30/h3-23,28H,24H2,1-2H3. The van der Waals surface area contributed by atoms with E-state index >= 15 is 0 Å².